The molecule has 1 aliphatic rings. The van der Waals surface area contributed by atoms with Crippen LogP contribution in [0.5, 0.6) is 5.75 Å². The van der Waals surface area contributed by atoms with Crippen LogP contribution in [0.4, 0.5) is 5.69 Å². The van der Waals surface area contributed by atoms with Gasteiger partial charge in [0.2, 0.25) is 5.91 Å². The monoisotopic (exact) mass is 261 g/mol. The van der Waals surface area contributed by atoms with Crippen LogP contribution in [0.15, 0.2) is 24.3 Å². The number of carbonyl (C=O) groups excluding carboxylic acids is 1. The second-order valence-electron chi connectivity index (χ2n) is 5.84. The number of anilines is 1. The van der Waals surface area contributed by atoms with Gasteiger partial charge in [0.1, 0.15) is 5.75 Å². The summed E-state index contributed by atoms with van der Waals surface area (Å²) in [6.07, 6.45) is 2.18. The molecular weight excluding hydrogens is 238 g/mol. The Morgan fingerprint density at radius 1 is 1.47 bits per heavy atom. The molecule has 1 amide bonds. The molecule has 104 valence electrons. The average Bonchev–Trinajstić information content (AvgIpc) is 3.01. The Kier molecular flexibility index (Phi) is 3.83. The van der Waals surface area contributed by atoms with Crippen LogP contribution in [0, 0.1) is 11.3 Å². The number of benzene rings is 1. The first kappa shape index (κ1) is 13.9. The third-order valence-electron chi connectivity index (χ3n) is 4.20. The molecule has 1 fully saturated rings. The molecule has 0 bridgehead atoms. The Morgan fingerprint density at radius 3 is 2.53 bits per heavy atom. The third-order valence-corrected chi connectivity index (χ3v) is 4.20. The standard InChI is InChI=1S/C16H23NO2/c1-5-12(3)19-14-8-6-13(7-9-14)17-15(18)16(4)10-11(16)2/h6-9,11-12H,5,10H2,1-4H3,(H,17,18). The first-order valence-electron chi connectivity index (χ1n) is 7.04. The van der Waals surface area contributed by atoms with Gasteiger partial charge in [-0.05, 0) is 49.9 Å². The first-order valence-corrected chi connectivity index (χ1v) is 7.04. The number of rotatable bonds is 5. The second kappa shape index (κ2) is 5.24. The Morgan fingerprint density at radius 2 is 2.05 bits per heavy atom. The SMILES string of the molecule is CCC(C)Oc1ccc(NC(=O)C2(C)CC2C)cc1. The Balaban J connectivity index is 1.94. The van der Waals surface area contributed by atoms with Crippen LogP contribution in [0.2, 0.25) is 0 Å². The fraction of sp³-hybridized carbons (Fsp3) is 0.562. The zero-order chi connectivity index (χ0) is 14.0. The van der Waals surface area contributed by atoms with Crippen molar-refractivity contribution in [3.63, 3.8) is 0 Å². The lowest BCUT2D eigenvalue weighted by Gasteiger charge is -2.14. The third kappa shape index (κ3) is 3.09. The molecule has 1 N–H and O–H groups in total. The highest BCUT2D eigenvalue weighted by Gasteiger charge is 2.52. The highest BCUT2D eigenvalue weighted by atomic mass is 16.5. The lowest BCUT2D eigenvalue weighted by Crippen LogP contribution is -2.22. The summed E-state index contributed by atoms with van der Waals surface area (Å²) in [7, 11) is 0. The van der Waals surface area contributed by atoms with Gasteiger partial charge in [0.15, 0.2) is 0 Å². The van der Waals surface area contributed by atoms with E-state index in [-0.39, 0.29) is 17.4 Å². The lowest BCUT2D eigenvalue weighted by molar-refractivity contribution is -0.121. The molecule has 1 saturated carbocycles. The van der Waals surface area contributed by atoms with Gasteiger partial charge >= 0.3 is 0 Å². The highest BCUT2D eigenvalue weighted by molar-refractivity contribution is 5.97. The summed E-state index contributed by atoms with van der Waals surface area (Å²) in [5.41, 5.74) is 0.660. The van der Waals surface area contributed by atoms with Crippen molar-refractivity contribution in [2.24, 2.45) is 11.3 Å². The van der Waals surface area contributed by atoms with Gasteiger partial charge in [-0.3, -0.25) is 4.79 Å². The minimum atomic E-state index is -0.175. The van der Waals surface area contributed by atoms with Crippen LogP contribution in [0.3, 0.4) is 0 Å². The summed E-state index contributed by atoms with van der Waals surface area (Å²) in [5, 5.41) is 2.97. The molecule has 0 aliphatic heterocycles. The van der Waals surface area contributed by atoms with E-state index in [1.165, 1.54) is 0 Å². The molecule has 3 unspecified atom stereocenters. The van der Waals surface area contributed by atoms with Gasteiger partial charge in [-0.1, -0.05) is 20.8 Å². The number of nitrogens with one attached hydrogen (secondary N) is 1. The summed E-state index contributed by atoms with van der Waals surface area (Å²) in [5.74, 6) is 1.45. The van der Waals surface area contributed by atoms with Crippen molar-refractivity contribution in [1.29, 1.82) is 0 Å². The zero-order valence-corrected chi connectivity index (χ0v) is 12.2. The molecule has 1 aromatic carbocycles. The number of amides is 1. The molecule has 19 heavy (non-hydrogen) atoms. The zero-order valence-electron chi connectivity index (χ0n) is 12.2. The maximum absolute atomic E-state index is 12.1. The van der Waals surface area contributed by atoms with Crippen molar-refractivity contribution < 1.29 is 9.53 Å². The van der Waals surface area contributed by atoms with Crippen LogP contribution >= 0.6 is 0 Å². The Labute approximate surface area is 115 Å². The summed E-state index contributed by atoms with van der Waals surface area (Å²) in [6, 6.07) is 7.60. The van der Waals surface area contributed by atoms with Crippen molar-refractivity contribution in [1.82, 2.24) is 0 Å². The number of hydrogen-bond acceptors (Lipinski definition) is 2. The maximum atomic E-state index is 12.1. The van der Waals surface area contributed by atoms with Crippen molar-refractivity contribution in [2.45, 2.75) is 46.6 Å². The minimum absolute atomic E-state index is 0.121. The molecule has 3 nitrogen and oxygen atoms in total. The molecule has 3 atom stereocenters. The Hall–Kier alpha value is -1.51. The predicted octanol–water partition coefficient (Wildman–Crippen LogP) is 3.85. The largest absolute Gasteiger partial charge is 0.491 e. The molecule has 3 heteroatoms. The van der Waals surface area contributed by atoms with Gasteiger partial charge in [0, 0.05) is 11.1 Å². The average molecular weight is 261 g/mol. The normalized spacial score (nSPS) is 26.6. The van der Waals surface area contributed by atoms with Crippen molar-refractivity contribution in [2.75, 3.05) is 5.32 Å². The molecule has 0 radical (unpaired) electrons. The molecule has 0 spiro atoms. The molecule has 0 saturated heterocycles. The molecule has 2 rings (SSSR count). The van der Waals surface area contributed by atoms with Gasteiger partial charge in [-0.25, -0.2) is 0 Å². The summed E-state index contributed by atoms with van der Waals surface area (Å²) in [4.78, 5) is 12.1. The van der Waals surface area contributed by atoms with Crippen LogP contribution in [0.25, 0.3) is 0 Å². The van der Waals surface area contributed by atoms with Crippen molar-refractivity contribution in [3.05, 3.63) is 24.3 Å². The molecule has 0 aromatic heterocycles. The fourth-order valence-electron chi connectivity index (χ4n) is 2.10. The van der Waals surface area contributed by atoms with E-state index in [0.29, 0.717) is 5.92 Å². The van der Waals surface area contributed by atoms with Gasteiger partial charge in [0.05, 0.1) is 6.10 Å². The van der Waals surface area contributed by atoms with Gasteiger partial charge in [0.25, 0.3) is 0 Å². The van der Waals surface area contributed by atoms with E-state index in [4.69, 9.17) is 4.74 Å². The van der Waals surface area contributed by atoms with E-state index in [1.54, 1.807) is 0 Å². The van der Waals surface area contributed by atoms with Crippen LogP contribution < -0.4 is 10.1 Å². The first-order chi connectivity index (χ1) is 8.95. The van der Waals surface area contributed by atoms with E-state index in [9.17, 15) is 4.79 Å². The van der Waals surface area contributed by atoms with E-state index in [0.717, 1.165) is 24.3 Å². The number of carbonyl (C=O) groups is 1. The van der Waals surface area contributed by atoms with Crippen LogP contribution in [-0.4, -0.2) is 12.0 Å². The summed E-state index contributed by atoms with van der Waals surface area (Å²) < 4.78 is 5.71. The van der Waals surface area contributed by atoms with E-state index >= 15 is 0 Å². The quantitative estimate of drug-likeness (QED) is 0.874. The maximum Gasteiger partial charge on any atom is 0.230 e. The smallest absolute Gasteiger partial charge is 0.230 e. The fourth-order valence-corrected chi connectivity index (χ4v) is 2.10. The number of hydrogen-bond donors (Lipinski definition) is 1. The molecule has 1 aliphatic carbocycles. The van der Waals surface area contributed by atoms with Crippen LogP contribution in [0.1, 0.15) is 40.5 Å². The van der Waals surface area contributed by atoms with Gasteiger partial charge in [-0.15, -0.1) is 0 Å². The van der Waals surface area contributed by atoms with Crippen LogP contribution in [-0.2, 0) is 4.79 Å². The molecule has 1 aromatic rings. The highest BCUT2D eigenvalue weighted by Crippen LogP contribution is 2.52. The minimum Gasteiger partial charge on any atom is -0.491 e. The Bertz CT molecular complexity index is 454. The van der Waals surface area contributed by atoms with Crippen molar-refractivity contribution >= 4 is 11.6 Å². The summed E-state index contributed by atoms with van der Waals surface area (Å²) >= 11 is 0. The molecular formula is C16H23NO2. The van der Waals surface area contributed by atoms with Gasteiger partial charge < -0.3 is 10.1 Å². The van der Waals surface area contributed by atoms with Gasteiger partial charge in [-0.2, -0.15) is 0 Å². The summed E-state index contributed by atoms with van der Waals surface area (Å²) in [6.45, 7) is 8.28. The lowest BCUT2D eigenvalue weighted by atomic mass is 10.1. The second-order valence-corrected chi connectivity index (χ2v) is 5.84. The molecule has 0 heterocycles. The van der Waals surface area contributed by atoms with E-state index in [2.05, 4.69) is 19.2 Å². The predicted molar refractivity (Wildman–Crippen MR) is 77.3 cm³/mol. The van der Waals surface area contributed by atoms with Crippen molar-refractivity contribution in [3.8, 4) is 5.75 Å². The van der Waals surface area contributed by atoms with E-state index in [1.807, 2.05) is 38.1 Å². The topological polar surface area (TPSA) is 38.3 Å². The number of ether oxygens (including phenoxy) is 1. The van der Waals surface area contributed by atoms with E-state index < -0.39 is 0 Å².